The summed E-state index contributed by atoms with van der Waals surface area (Å²) in [7, 11) is 0. The topological polar surface area (TPSA) is 105 Å². The van der Waals surface area contributed by atoms with Crippen molar-refractivity contribution >= 4 is 18.0 Å². The van der Waals surface area contributed by atoms with E-state index in [1.165, 1.54) is 17.0 Å². The van der Waals surface area contributed by atoms with Crippen molar-refractivity contribution in [2.75, 3.05) is 13.2 Å². The molecule has 11 heteroatoms. The van der Waals surface area contributed by atoms with Gasteiger partial charge in [0.05, 0.1) is 12.2 Å². The molecule has 0 aromatic heterocycles. The van der Waals surface area contributed by atoms with E-state index in [1.54, 1.807) is 6.08 Å². The molecular weight excluding hydrogens is 661 g/mol. The number of likely N-dealkylation sites (tertiary alicyclic amines) is 1. The van der Waals surface area contributed by atoms with Crippen LogP contribution < -0.4 is 5.32 Å². The Bertz CT molecular complexity index is 1690. The first-order chi connectivity index (χ1) is 24.5. The van der Waals surface area contributed by atoms with Crippen molar-refractivity contribution in [1.82, 2.24) is 10.2 Å². The molecule has 4 atom stereocenters. The van der Waals surface area contributed by atoms with Gasteiger partial charge < -0.3 is 19.9 Å². The van der Waals surface area contributed by atoms with E-state index >= 15 is 0 Å². The summed E-state index contributed by atoms with van der Waals surface area (Å²) in [5.74, 6) is -1.65. The highest BCUT2D eigenvalue weighted by Crippen LogP contribution is 2.35. The van der Waals surface area contributed by atoms with Crippen molar-refractivity contribution in [2.24, 2.45) is 11.8 Å². The number of fused-ring (bicyclic) bond motifs is 1. The Balaban J connectivity index is 1.26. The number of piperidine rings is 1. The third kappa shape index (κ3) is 10.2. The van der Waals surface area contributed by atoms with Gasteiger partial charge in [-0.3, -0.25) is 9.69 Å². The van der Waals surface area contributed by atoms with Crippen molar-refractivity contribution in [3.8, 4) is 11.1 Å². The summed E-state index contributed by atoms with van der Waals surface area (Å²) < 4.78 is 50.3. The SMILES string of the molecule is CCCCCCOC(=O)N1CC2C=C(OCc3ccc(C(F)(F)F)cc3)C=CC2C[C@H]1C(=O)N[C@@H](Cc1ccc(-c2ccccc2)cc1)C(=O)O. The molecule has 2 unspecified atom stereocenters. The molecule has 1 heterocycles. The molecule has 2 amide bonds. The number of nitrogens with one attached hydrogen (secondary N) is 1. The summed E-state index contributed by atoms with van der Waals surface area (Å²) in [6.45, 7) is 2.46. The van der Waals surface area contributed by atoms with Crippen LogP contribution in [0.3, 0.4) is 0 Å². The fraction of sp³-hybridized carbons (Fsp3) is 0.375. The van der Waals surface area contributed by atoms with Crippen LogP contribution in [0.1, 0.15) is 55.7 Å². The number of nitrogens with zero attached hydrogens (tertiary/aromatic N) is 1. The van der Waals surface area contributed by atoms with Gasteiger partial charge in [-0.2, -0.15) is 13.2 Å². The maximum atomic E-state index is 13.8. The minimum atomic E-state index is -4.43. The smallest absolute Gasteiger partial charge is 0.416 e. The molecule has 1 fully saturated rings. The van der Waals surface area contributed by atoms with Crippen molar-refractivity contribution in [2.45, 2.75) is 70.3 Å². The molecule has 51 heavy (non-hydrogen) atoms. The zero-order valence-corrected chi connectivity index (χ0v) is 28.5. The summed E-state index contributed by atoms with van der Waals surface area (Å²) in [6.07, 6.45) is 4.33. The lowest BCUT2D eigenvalue weighted by molar-refractivity contribution is -0.143. The number of carbonyl (C=O) groups excluding carboxylic acids is 2. The third-order valence-corrected chi connectivity index (χ3v) is 9.28. The fourth-order valence-electron chi connectivity index (χ4n) is 6.37. The molecule has 1 aliphatic carbocycles. The lowest BCUT2D eigenvalue weighted by Crippen LogP contribution is -2.58. The van der Waals surface area contributed by atoms with Crippen molar-refractivity contribution < 1.29 is 42.1 Å². The average molecular weight is 705 g/mol. The third-order valence-electron chi connectivity index (χ3n) is 9.28. The van der Waals surface area contributed by atoms with Gasteiger partial charge in [-0.1, -0.05) is 99.0 Å². The van der Waals surface area contributed by atoms with E-state index in [2.05, 4.69) is 12.2 Å². The minimum Gasteiger partial charge on any atom is -0.489 e. The van der Waals surface area contributed by atoms with E-state index < -0.39 is 41.8 Å². The Labute approximate surface area is 295 Å². The van der Waals surface area contributed by atoms with Crippen LogP contribution in [0.15, 0.2) is 103 Å². The molecule has 5 rings (SSSR count). The highest BCUT2D eigenvalue weighted by molar-refractivity contribution is 5.89. The summed E-state index contributed by atoms with van der Waals surface area (Å²) in [5, 5.41) is 12.8. The van der Waals surface area contributed by atoms with Crippen LogP contribution in [0.5, 0.6) is 0 Å². The maximum Gasteiger partial charge on any atom is 0.416 e. The average Bonchev–Trinajstić information content (AvgIpc) is 3.13. The molecule has 8 nitrogen and oxygen atoms in total. The molecule has 3 aromatic carbocycles. The number of hydrogen-bond acceptors (Lipinski definition) is 5. The molecule has 2 N–H and O–H groups in total. The van der Waals surface area contributed by atoms with Crippen LogP contribution in [-0.2, 0) is 38.3 Å². The van der Waals surface area contributed by atoms with Gasteiger partial charge in [0.1, 0.15) is 24.4 Å². The Morgan fingerprint density at radius 3 is 2.25 bits per heavy atom. The number of alkyl halides is 3. The Hall–Kier alpha value is -5.06. The molecule has 270 valence electrons. The first kappa shape index (κ1) is 37.2. The quantitative estimate of drug-likeness (QED) is 0.164. The molecule has 1 saturated heterocycles. The Morgan fingerprint density at radius 1 is 0.902 bits per heavy atom. The van der Waals surface area contributed by atoms with Crippen LogP contribution in [0.4, 0.5) is 18.0 Å². The van der Waals surface area contributed by atoms with Crippen LogP contribution >= 0.6 is 0 Å². The van der Waals surface area contributed by atoms with Gasteiger partial charge in [-0.05, 0) is 65.3 Å². The highest BCUT2D eigenvalue weighted by atomic mass is 19.4. The minimum absolute atomic E-state index is 0.0474. The molecule has 0 saturated carbocycles. The van der Waals surface area contributed by atoms with Gasteiger partial charge in [-0.15, -0.1) is 0 Å². The molecule has 2 aliphatic rings. The zero-order chi connectivity index (χ0) is 36.4. The summed E-state index contributed by atoms with van der Waals surface area (Å²) in [5.41, 5.74) is 2.58. The lowest BCUT2D eigenvalue weighted by Gasteiger charge is -2.42. The Morgan fingerprint density at radius 2 is 1.59 bits per heavy atom. The molecule has 0 radical (unpaired) electrons. The second kappa shape index (κ2) is 17.2. The summed E-state index contributed by atoms with van der Waals surface area (Å²) >= 11 is 0. The van der Waals surface area contributed by atoms with Gasteiger partial charge in [0.25, 0.3) is 0 Å². The number of unbranched alkanes of at least 4 members (excludes halogenated alkanes) is 3. The second-order valence-electron chi connectivity index (χ2n) is 13.0. The predicted octanol–water partition coefficient (Wildman–Crippen LogP) is 8.18. The van der Waals surface area contributed by atoms with Gasteiger partial charge >= 0.3 is 18.2 Å². The van der Waals surface area contributed by atoms with Gasteiger partial charge in [0, 0.05) is 18.9 Å². The standard InChI is InChI=1S/C40H43F3N2O6/c1-2-3-4-8-21-50-39(49)45-25-32-23-34(51-26-28-13-18-33(19-14-28)40(41,42)43)20-17-31(32)24-36(45)37(46)44-35(38(47)48)22-27-11-15-30(16-12-27)29-9-6-5-7-10-29/h5-7,9-20,23,31-32,35-36H,2-4,8,21-22,24-26H2,1H3,(H,44,46)(H,47,48)/t31?,32?,35-,36-/m0/s1. The molecule has 0 spiro atoms. The zero-order valence-electron chi connectivity index (χ0n) is 28.5. The number of carboxylic acids is 1. The van der Waals surface area contributed by atoms with Gasteiger partial charge in [0.2, 0.25) is 5.91 Å². The first-order valence-corrected chi connectivity index (χ1v) is 17.3. The largest absolute Gasteiger partial charge is 0.489 e. The van der Waals surface area contributed by atoms with E-state index in [4.69, 9.17) is 9.47 Å². The number of benzene rings is 3. The lowest BCUT2D eigenvalue weighted by atomic mass is 9.79. The van der Waals surface area contributed by atoms with Crippen molar-refractivity contribution in [3.63, 3.8) is 0 Å². The number of rotatable bonds is 14. The van der Waals surface area contributed by atoms with E-state index in [0.717, 1.165) is 48.1 Å². The number of allylic oxidation sites excluding steroid dienone is 2. The number of aliphatic carboxylic acids is 1. The highest BCUT2D eigenvalue weighted by Gasteiger charge is 2.42. The molecule has 1 aliphatic heterocycles. The number of carbonyl (C=O) groups is 3. The van der Waals surface area contributed by atoms with Crippen LogP contribution in [0.2, 0.25) is 0 Å². The Kier molecular flexibility index (Phi) is 12.6. The predicted molar refractivity (Wildman–Crippen MR) is 186 cm³/mol. The summed E-state index contributed by atoms with van der Waals surface area (Å²) in [4.78, 5) is 40.9. The maximum absolute atomic E-state index is 13.8. The number of amides is 2. The molecule has 3 aromatic rings. The van der Waals surface area contributed by atoms with E-state index in [1.807, 2.05) is 66.7 Å². The van der Waals surface area contributed by atoms with E-state index in [9.17, 15) is 32.7 Å². The number of ether oxygens (including phenoxy) is 2. The molecular formula is C40H43F3N2O6. The monoisotopic (exact) mass is 704 g/mol. The van der Waals surface area contributed by atoms with Crippen LogP contribution in [0, 0.1) is 11.8 Å². The summed E-state index contributed by atoms with van der Waals surface area (Å²) in [6, 6.07) is 19.9. The van der Waals surface area contributed by atoms with Crippen molar-refractivity contribution in [3.05, 3.63) is 120 Å². The fourth-order valence-corrected chi connectivity index (χ4v) is 6.37. The first-order valence-electron chi connectivity index (χ1n) is 17.3. The molecule has 0 bridgehead atoms. The van der Waals surface area contributed by atoms with E-state index in [-0.39, 0.29) is 44.4 Å². The van der Waals surface area contributed by atoms with E-state index in [0.29, 0.717) is 17.7 Å². The number of hydrogen-bond donors (Lipinski definition) is 2. The van der Waals surface area contributed by atoms with Crippen LogP contribution in [-0.4, -0.2) is 53.2 Å². The number of carboxylic acid groups (broad SMARTS) is 1. The van der Waals surface area contributed by atoms with Crippen LogP contribution in [0.25, 0.3) is 11.1 Å². The van der Waals surface area contributed by atoms with Gasteiger partial charge in [0.15, 0.2) is 0 Å². The number of halogens is 3. The van der Waals surface area contributed by atoms with Crippen molar-refractivity contribution in [1.29, 1.82) is 0 Å². The normalized spacial score (nSPS) is 19.0. The van der Waals surface area contributed by atoms with Gasteiger partial charge in [-0.25, -0.2) is 9.59 Å². The second-order valence-corrected chi connectivity index (χ2v) is 13.0.